The van der Waals surface area contributed by atoms with Crippen molar-refractivity contribution in [1.82, 2.24) is 20.1 Å². The number of rotatable bonds is 5. The minimum atomic E-state index is 0.117. The molecule has 0 bridgehead atoms. The van der Waals surface area contributed by atoms with Crippen LogP contribution in [0.4, 0.5) is 0 Å². The summed E-state index contributed by atoms with van der Waals surface area (Å²) >= 11 is 0. The number of aromatic hydroxyl groups is 1. The highest BCUT2D eigenvalue weighted by atomic mass is 16.5. The third-order valence-corrected chi connectivity index (χ3v) is 3.08. The van der Waals surface area contributed by atoms with Crippen molar-refractivity contribution in [2.45, 2.75) is 19.5 Å². The van der Waals surface area contributed by atoms with Crippen molar-refractivity contribution in [1.29, 1.82) is 0 Å². The second-order valence-electron chi connectivity index (χ2n) is 4.39. The molecule has 0 aliphatic heterocycles. The zero-order valence-corrected chi connectivity index (χ0v) is 11.3. The molecule has 19 heavy (non-hydrogen) atoms. The first-order valence-corrected chi connectivity index (χ1v) is 6.05. The molecule has 1 aromatic carbocycles. The van der Waals surface area contributed by atoms with Gasteiger partial charge < -0.3 is 19.7 Å². The third-order valence-electron chi connectivity index (χ3n) is 3.08. The molecule has 2 aromatic rings. The Morgan fingerprint density at radius 1 is 1.47 bits per heavy atom. The summed E-state index contributed by atoms with van der Waals surface area (Å²) in [5, 5.41) is 20.8. The Hall–Kier alpha value is -2.08. The first-order valence-electron chi connectivity index (χ1n) is 6.05. The Morgan fingerprint density at radius 3 is 2.89 bits per heavy atom. The van der Waals surface area contributed by atoms with E-state index in [2.05, 4.69) is 15.5 Å². The number of methoxy groups -OCH3 is 1. The molecule has 0 saturated heterocycles. The Morgan fingerprint density at radius 2 is 2.26 bits per heavy atom. The van der Waals surface area contributed by atoms with Gasteiger partial charge in [-0.3, -0.25) is 0 Å². The summed E-state index contributed by atoms with van der Waals surface area (Å²) in [6.45, 7) is 2.67. The average molecular weight is 262 g/mol. The lowest BCUT2D eigenvalue weighted by molar-refractivity contribution is 0.372. The molecular weight excluding hydrogens is 244 g/mol. The lowest BCUT2D eigenvalue weighted by atomic mass is 10.1. The Balaban J connectivity index is 2.03. The summed E-state index contributed by atoms with van der Waals surface area (Å²) in [6.07, 6.45) is 1.67. The molecule has 0 amide bonds. The number of nitrogens with one attached hydrogen (secondary N) is 1. The van der Waals surface area contributed by atoms with E-state index in [-0.39, 0.29) is 11.8 Å². The van der Waals surface area contributed by atoms with Gasteiger partial charge in [-0.25, -0.2) is 0 Å². The summed E-state index contributed by atoms with van der Waals surface area (Å²) in [5.74, 6) is 1.49. The van der Waals surface area contributed by atoms with Crippen LogP contribution in [0.25, 0.3) is 0 Å². The van der Waals surface area contributed by atoms with E-state index in [1.54, 1.807) is 12.4 Å². The molecule has 1 aromatic heterocycles. The molecule has 0 spiro atoms. The zero-order chi connectivity index (χ0) is 13.8. The van der Waals surface area contributed by atoms with Crippen LogP contribution in [-0.4, -0.2) is 27.0 Å². The first kappa shape index (κ1) is 13.4. The van der Waals surface area contributed by atoms with Crippen molar-refractivity contribution in [3.05, 3.63) is 35.9 Å². The largest absolute Gasteiger partial charge is 0.504 e. The van der Waals surface area contributed by atoms with E-state index in [1.165, 1.54) is 7.11 Å². The van der Waals surface area contributed by atoms with E-state index in [0.717, 1.165) is 11.4 Å². The number of nitrogens with zero attached hydrogens (tertiary/aromatic N) is 3. The molecule has 0 aliphatic rings. The van der Waals surface area contributed by atoms with Crippen LogP contribution < -0.4 is 10.1 Å². The van der Waals surface area contributed by atoms with Crippen LogP contribution in [0.1, 0.15) is 24.4 Å². The Labute approximate surface area is 112 Å². The summed E-state index contributed by atoms with van der Waals surface area (Å²) in [7, 11) is 3.45. The van der Waals surface area contributed by atoms with E-state index >= 15 is 0 Å². The van der Waals surface area contributed by atoms with E-state index in [4.69, 9.17) is 4.74 Å². The zero-order valence-electron chi connectivity index (χ0n) is 11.3. The van der Waals surface area contributed by atoms with Gasteiger partial charge in [0.15, 0.2) is 11.5 Å². The summed E-state index contributed by atoms with van der Waals surface area (Å²) in [5.41, 5.74) is 1.04. The highest BCUT2D eigenvalue weighted by Gasteiger charge is 2.10. The fraction of sp³-hybridized carbons (Fsp3) is 0.385. The minimum Gasteiger partial charge on any atom is -0.504 e. The van der Waals surface area contributed by atoms with Gasteiger partial charge >= 0.3 is 0 Å². The van der Waals surface area contributed by atoms with Crippen LogP contribution in [0.5, 0.6) is 11.5 Å². The maximum absolute atomic E-state index is 9.57. The second kappa shape index (κ2) is 5.71. The molecule has 1 atom stereocenters. The van der Waals surface area contributed by atoms with Crippen molar-refractivity contribution < 1.29 is 9.84 Å². The molecule has 2 N–H and O–H groups in total. The first-order chi connectivity index (χ1) is 9.11. The number of ether oxygens (including phenoxy) is 1. The van der Waals surface area contributed by atoms with Gasteiger partial charge in [-0.15, -0.1) is 10.2 Å². The number of phenols is 1. The normalized spacial score (nSPS) is 12.4. The number of hydrogen-bond acceptors (Lipinski definition) is 5. The number of phenolic OH excluding ortho intramolecular Hbond substituents is 1. The van der Waals surface area contributed by atoms with Crippen molar-refractivity contribution in [3.63, 3.8) is 0 Å². The number of benzene rings is 1. The molecule has 1 heterocycles. The predicted molar refractivity (Wildman–Crippen MR) is 70.9 cm³/mol. The van der Waals surface area contributed by atoms with Gasteiger partial charge in [0.05, 0.1) is 13.7 Å². The van der Waals surface area contributed by atoms with E-state index in [9.17, 15) is 5.11 Å². The molecule has 6 nitrogen and oxygen atoms in total. The van der Waals surface area contributed by atoms with Crippen molar-refractivity contribution in [2.75, 3.05) is 7.11 Å². The van der Waals surface area contributed by atoms with Crippen molar-refractivity contribution >= 4 is 0 Å². The van der Waals surface area contributed by atoms with Crippen LogP contribution in [0.3, 0.4) is 0 Å². The third kappa shape index (κ3) is 3.03. The van der Waals surface area contributed by atoms with Gasteiger partial charge in [0.25, 0.3) is 0 Å². The molecule has 102 valence electrons. The van der Waals surface area contributed by atoms with E-state index in [0.29, 0.717) is 12.3 Å². The maximum Gasteiger partial charge on any atom is 0.160 e. The summed E-state index contributed by atoms with van der Waals surface area (Å²) in [6, 6.07) is 5.44. The van der Waals surface area contributed by atoms with Crippen LogP contribution in [0, 0.1) is 0 Å². The van der Waals surface area contributed by atoms with Gasteiger partial charge in [0.2, 0.25) is 0 Å². The highest BCUT2D eigenvalue weighted by molar-refractivity contribution is 5.42. The molecule has 1 unspecified atom stereocenters. The smallest absolute Gasteiger partial charge is 0.160 e. The fourth-order valence-electron chi connectivity index (χ4n) is 1.79. The van der Waals surface area contributed by atoms with Gasteiger partial charge in [0.1, 0.15) is 12.2 Å². The fourth-order valence-corrected chi connectivity index (χ4v) is 1.79. The summed E-state index contributed by atoms with van der Waals surface area (Å²) < 4.78 is 6.97. The molecule has 0 radical (unpaired) electrons. The molecule has 0 aliphatic carbocycles. The Bertz CT molecular complexity index is 553. The minimum absolute atomic E-state index is 0.117. The van der Waals surface area contributed by atoms with E-state index < -0.39 is 0 Å². The number of hydrogen-bond donors (Lipinski definition) is 2. The molecule has 2 rings (SSSR count). The lowest BCUT2D eigenvalue weighted by Gasteiger charge is -2.15. The van der Waals surface area contributed by atoms with Crippen LogP contribution >= 0.6 is 0 Å². The van der Waals surface area contributed by atoms with Gasteiger partial charge in [-0.1, -0.05) is 6.07 Å². The van der Waals surface area contributed by atoms with Gasteiger partial charge in [-0.05, 0) is 24.6 Å². The van der Waals surface area contributed by atoms with Crippen molar-refractivity contribution in [3.8, 4) is 11.5 Å². The maximum atomic E-state index is 9.57. The monoisotopic (exact) mass is 262 g/mol. The lowest BCUT2D eigenvalue weighted by Crippen LogP contribution is -2.20. The molecule has 0 fully saturated rings. The summed E-state index contributed by atoms with van der Waals surface area (Å²) in [4.78, 5) is 0. The Kier molecular flexibility index (Phi) is 4.01. The van der Waals surface area contributed by atoms with Crippen LogP contribution in [0.2, 0.25) is 0 Å². The number of aromatic nitrogens is 3. The highest BCUT2D eigenvalue weighted by Crippen LogP contribution is 2.28. The standard InChI is InChI=1S/C13H18N4O2/c1-9(14-7-13-16-15-8-17(13)2)10-4-5-11(18)12(6-10)19-3/h4-6,8-9,14,18H,7H2,1-3H3. The van der Waals surface area contributed by atoms with Crippen LogP contribution in [0.15, 0.2) is 24.5 Å². The number of aryl methyl sites for hydroxylation is 1. The topological polar surface area (TPSA) is 72.2 Å². The average Bonchev–Trinajstić information content (AvgIpc) is 2.82. The van der Waals surface area contributed by atoms with Gasteiger partial charge in [0, 0.05) is 13.1 Å². The van der Waals surface area contributed by atoms with Crippen molar-refractivity contribution in [2.24, 2.45) is 7.05 Å². The molecule has 0 saturated carbocycles. The second-order valence-corrected chi connectivity index (χ2v) is 4.39. The SMILES string of the molecule is COc1cc(C(C)NCc2nncn2C)ccc1O. The molecule has 6 heteroatoms. The van der Waals surface area contributed by atoms with Crippen LogP contribution in [-0.2, 0) is 13.6 Å². The van der Waals surface area contributed by atoms with Gasteiger partial charge in [-0.2, -0.15) is 0 Å². The molecular formula is C13H18N4O2. The predicted octanol–water partition coefficient (Wildman–Crippen LogP) is 1.38. The van der Waals surface area contributed by atoms with E-state index in [1.807, 2.05) is 30.7 Å². The quantitative estimate of drug-likeness (QED) is 0.851.